The molecular weight excluding hydrogens is 266 g/mol. The highest BCUT2D eigenvalue weighted by Gasteiger charge is 2.18. The van der Waals surface area contributed by atoms with Crippen LogP contribution in [0.4, 0.5) is 4.79 Å². The zero-order valence-electron chi connectivity index (χ0n) is 12.7. The summed E-state index contributed by atoms with van der Waals surface area (Å²) < 4.78 is 5.10. The van der Waals surface area contributed by atoms with Crippen LogP contribution < -0.4 is 10.1 Å². The molecule has 0 unspecified atom stereocenters. The third-order valence-electron chi connectivity index (χ3n) is 3.71. The van der Waals surface area contributed by atoms with Gasteiger partial charge in [0.1, 0.15) is 5.75 Å². The summed E-state index contributed by atoms with van der Waals surface area (Å²) in [4.78, 5) is 16.2. The first-order valence-electron chi connectivity index (χ1n) is 7.31. The average Bonchev–Trinajstić information content (AvgIpc) is 2.55. The number of likely N-dealkylation sites (N-methyl/N-ethyl adjacent to an activating group) is 1. The van der Waals surface area contributed by atoms with Crippen LogP contribution in [0.1, 0.15) is 12.5 Å². The van der Waals surface area contributed by atoms with Crippen LogP contribution >= 0.6 is 0 Å². The number of carbonyl (C=O) groups excluding carboxylic acids is 1. The summed E-state index contributed by atoms with van der Waals surface area (Å²) in [5.74, 6) is 0.824. The van der Waals surface area contributed by atoms with E-state index in [0.717, 1.165) is 44.0 Å². The molecule has 1 saturated heterocycles. The third-order valence-corrected chi connectivity index (χ3v) is 3.71. The molecule has 2 rings (SSSR count). The van der Waals surface area contributed by atoms with Crippen LogP contribution in [-0.2, 0) is 0 Å². The molecule has 2 amide bonds. The first-order chi connectivity index (χ1) is 10.2. The van der Waals surface area contributed by atoms with Crippen LogP contribution in [0.3, 0.4) is 0 Å². The maximum absolute atomic E-state index is 12.0. The Bertz CT molecular complexity index is 477. The monoisotopic (exact) mass is 289 g/mol. The molecule has 1 heterocycles. The van der Waals surface area contributed by atoms with Crippen LogP contribution in [0.5, 0.6) is 5.75 Å². The molecule has 114 valence electrons. The smallest absolute Gasteiger partial charge is 0.321 e. The summed E-state index contributed by atoms with van der Waals surface area (Å²) >= 11 is 0. The Kier molecular flexibility index (Phi) is 5.63. The van der Waals surface area contributed by atoms with E-state index in [0.29, 0.717) is 0 Å². The van der Waals surface area contributed by atoms with Gasteiger partial charge in [-0.15, -0.1) is 0 Å². The van der Waals surface area contributed by atoms with E-state index < -0.39 is 0 Å². The van der Waals surface area contributed by atoms with Gasteiger partial charge >= 0.3 is 6.03 Å². The number of carbonyl (C=O) groups is 1. The largest absolute Gasteiger partial charge is 0.497 e. The molecule has 1 aliphatic rings. The van der Waals surface area contributed by atoms with Gasteiger partial charge in [-0.05, 0) is 30.3 Å². The van der Waals surface area contributed by atoms with Crippen molar-refractivity contribution in [1.82, 2.24) is 15.1 Å². The van der Waals surface area contributed by atoms with Crippen molar-refractivity contribution in [3.63, 3.8) is 0 Å². The fourth-order valence-electron chi connectivity index (χ4n) is 2.28. The Morgan fingerprint density at radius 3 is 2.48 bits per heavy atom. The number of ether oxygens (including phenoxy) is 1. The zero-order chi connectivity index (χ0) is 15.1. The van der Waals surface area contributed by atoms with Gasteiger partial charge < -0.3 is 19.9 Å². The quantitative estimate of drug-likeness (QED) is 0.922. The summed E-state index contributed by atoms with van der Waals surface area (Å²) in [7, 11) is 1.64. The molecule has 1 fully saturated rings. The molecular formula is C16H23N3O2. The zero-order valence-corrected chi connectivity index (χ0v) is 12.7. The molecule has 0 atom stereocenters. The maximum atomic E-state index is 12.0. The number of rotatable bonds is 4. The van der Waals surface area contributed by atoms with Gasteiger partial charge in [-0.2, -0.15) is 0 Å². The lowest BCUT2D eigenvalue weighted by molar-refractivity contribution is 0.145. The Labute approximate surface area is 126 Å². The van der Waals surface area contributed by atoms with Crippen LogP contribution in [0.25, 0.3) is 6.08 Å². The number of methoxy groups -OCH3 is 1. The summed E-state index contributed by atoms with van der Waals surface area (Å²) in [6.45, 7) is 6.67. The molecule has 0 spiro atoms. The molecule has 1 N–H and O–H groups in total. The highest BCUT2D eigenvalue weighted by molar-refractivity contribution is 5.76. The lowest BCUT2D eigenvalue weighted by Gasteiger charge is -2.33. The van der Waals surface area contributed by atoms with Gasteiger partial charge in [0, 0.05) is 32.4 Å². The fraction of sp³-hybridized carbons (Fsp3) is 0.438. The Balaban J connectivity index is 1.79. The summed E-state index contributed by atoms with van der Waals surface area (Å²) in [6.07, 6.45) is 3.57. The van der Waals surface area contributed by atoms with Crippen LogP contribution in [-0.4, -0.2) is 55.7 Å². The van der Waals surface area contributed by atoms with Crippen LogP contribution in [0.15, 0.2) is 30.5 Å². The number of urea groups is 1. The van der Waals surface area contributed by atoms with Gasteiger partial charge in [-0.3, -0.25) is 0 Å². The third kappa shape index (κ3) is 4.49. The van der Waals surface area contributed by atoms with E-state index in [1.807, 2.05) is 35.2 Å². The van der Waals surface area contributed by atoms with Gasteiger partial charge in [0.2, 0.25) is 0 Å². The summed E-state index contributed by atoms with van der Waals surface area (Å²) in [5, 5.41) is 2.82. The van der Waals surface area contributed by atoms with E-state index in [9.17, 15) is 4.79 Å². The standard InChI is InChI=1S/C16H23N3O2/c1-3-18-10-12-19(13-11-18)16(20)17-9-8-14-4-6-15(21-2)7-5-14/h4-9H,3,10-13H2,1-2H3,(H,17,20)/b9-8+. The van der Waals surface area contributed by atoms with Gasteiger partial charge in [0.25, 0.3) is 0 Å². The maximum Gasteiger partial charge on any atom is 0.321 e. The number of hydrogen-bond donors (Lipinski definition) is 1. The Hall–Kier alpha value is -2.01. The first kappa shape index (κ1) is 15.4. The number of nitrogens with one attached hydrogen (secondary N) is 1. The number of benzene rings is 1. The number of amides is 2. The Morgan fingerprint density at radius 1 is 1.24 bits per heavy atom. The minimum absolute atomic E-state index is 0.0319. The molecule has 21 heavy (non-hydrogen) atoms. The molecule has 1 aromatic carbocycles. The topological polar surface area (TPSA) is 44.8 Å². The van der Waals surface area contributed by atoms with E-state index in [2.05, 4.69) is 17.1 Å². The van der Waals surface area contributed by atoms with E-state index >= 15 is 0 Å². The number of piperazine rings is 1. The molecule has 1 aliphatic heterocycles. The SMILES string of the molecule is CCN1CCN(C(=O)N/C=C/c2ccc(OC)cc2)CC1. The van der Waals surface area contributed by atoms with Crippen molar-refractivity contribution in [1.29, 1.82) is 0 Å². The fourth-order valence-corrected chi connectivity index (χ4v) is 2.28. The lowest BCUT2D eigenvalue weighted by Crippen LogP contribution is -2.50. The minimum Gasteiger partial charge on any atom is -0.497 e. The van der Waals surface area contributed by atoms with Crippen molar-refractivity contribution in [2.45, 2.75) is 6.92 Å². The van der Waals surface area contributed by atoms with Crippen LogP contribution in [0.2, 0.25) is 0 Å². The normalized spacial score (nSPS) is 16.2. The molecule has 0 bridgehead atoms. The second-order valence-corrected chi connectivity index (χ2v) is 4.98. The van der Waals surface area contributed by atoms with Crippen molar-refractivity contribution in [3.05, 3.63) is 36.0 Å². The van der Waals surface area contributed by atoms with Crippen molar-refractivity contribution < 1.29 is 9.53 Å². The molecule has 5 heteroatoms. The predicted octanol–water partition coefficient (Wildman–Crippen LogP) is 2.01. The van der Waals surface area contributed by atoms with Gasteiger partial charge in [-0.1, -0.05) is 19.1 Å². The van der Waals surface area contributed by atoms with Gasteiger partial charge in [0.15, 0.2) is 0 Å². The van der Waals surface area contributed by atoms with Gasteiger partial charge in [-0.25, -0.2) is 4.79 Å². The van der Waals surface area contributed by atoms with Crippen molar-refractivity contribution in [3.8, 4) is 5.75 Å². The Morgan fingerprint density at radius 2 is 1.90 bits per heavy atom. The molecule has 0 aliphatic carbocycles. The molecule has 1 aromatic rings. The average molecular weight is 289 g/mol. The van der Waals surface area contributed by atoms with Crippen molar-refractivity contribution >= 4 is 12.1 Å². The second-order valence-electron chi connectivity index (χ2n) is 4.98. The highest BCUT2D eigenvalue weighted by Crippen LogP contribution is 2.12. The minimum atomic E-state index is -0.0319. The van der Waals surface area contributed by atoms with Crippen LogP contribution in [0, 0.1) is 0 Å². The lowest BCUT2D eigenvalue weighted by atomic mass is 10.2. The second kappa shape index (κ2) is 7.69. The van der Waals surface area contributed by atoms with Crippen molar-refractivity contribution in [2.24, 2.45) is 0 Å². The van der Waals surface area contributed by atoms with Gasteiger partial charge in [0.05, 0.1) is 7.11 Å². The highest BCUT2D eigenvalue weighted by atomic mass is 16.5. The molecule has 5 nitrogen and oxygen atoms in total. The number of nitrogens with zero attached hydrogens (tertiary/aromatic N) is 2. The number of hydrogen-bond acceptors (Lipinski definition) is 3. The first-order valence-corrected chi connectivity index (χ1v) is 7.31. The molecule has 0 saturated carbocycles. The summed E-state index contributed by atoms with van der Waals surface area (Å²) in [5.41, 5.74) is 1.02. The predicted molar refractivity (Wildman–Crippen MR) is 84.2 cm³/mol. The molecule has 0 aromatic heterocycles. The van der Waals surface area contributed by atoms with E-state index in [1.165, 1.54) is 0 Å². The summed E-state index contributed by atoms with van der Waals surface area (Å²) in [6, 6.07) is 7.65. The van der Waals surface area contributed by atoms with Crippen molar-refractivity contribution in [2.75, 3.05) is 39.8 Å². The van der Waals surface area contributed by atoms with E-state index in [1.54, 1.807) is 13.3 Å². The van der Waals surface area contributed by atoms with E-state index in [4.69, 9.17) is 4.74 Å². The van der Waals surface area contributed by atoms with E-state index in [-0.39, 0.29) is 6.03 Å². The molecule has 0 radical (unpaired) electrons.